The molecule has 0 bridgehead atoms. The number of methoxy groups -OCH3 is 1. The summed E-state index contributed by atoms with van der Waals surface area (Å²) in [7, 11) is 2.91. The predicted molar refractivity (Wildman–Crippen MR) is 87.2 cm³/mol. The number of rotatable bonds is 7. The molecule has 1 N–H and O–H groups in total. The molecular weight excluding hydrogens is 318 g/mol. The van der Waals surface area contributed by atoms with Crippen LogP contribution < -0.4 is 5.32 Å². The highest BCUT2D eigenvalue weighted by Gasteiger charge is 2.26. The molecule has 0 spiro atoms. The summed E-state index contributed by atoms with van der Waals surface area (Å²) in [6.07, 6.45) is 0.836. The van der Waals surface area contributed by atoms with Crippen LogP contribution in [0.2, 0.25) is 0 Å². The molecule has 0 fully saturated rings. The van der Waals surface area contributed by atoms with E-state index in [2.05, 4.69) is 10.3 Å². The largest absolute Gasteiger partial charge is 0.467 e. The topological polar surface area (TPSA) is 88.6 Å². The van der Waals surface area contributed by atoms with Gasteiger partial charge < -0.3 is 19.7 Å². The molecule has 0 aliphatic carbocycles. The molecular formula is C15H23N3O4S. The number of amides is 2. The van der Waals surface area contributed by atoms with Gasteiger partial charge in [0.25, 0.3) is 0 Å². The summed E-state index contributed by atoms with van der Waals surface area (Å²) in [5.41, 5.74) is 0.704. The number of nitrogens with zero attached hydrogens (tertiary/aromatic N) is 2. The minimum absolute atomic E-state index is 0.0842. The number of hydrogen-bond donors (Lipinski definition) is 1. The first kappa shape index (κ1) is 19.1. The van der Waals surface area contributed by atoms with Crippen molar-refractivity contribution in [1.29, 1.82) is 0 Å². The van der Waals surface area contributed by atoms with E-state index in [-0.39, 0.29) is 17.9 Å². The van der Waals surface area contributed by atoms with Crippen LogP contribution in [0.3, 0.4) is 0 Å². The van der Waals surface area contributed by atoms with E-state index in [1.54, 1.807) is 14.0 Å². The van der Waals surface area contributed by atoms with Crippen LogP contribution in [0.4, 0.5) is 4.79 Å². The SMILES string of the molecule is COC(=O)C(NC(=O)N(C)Cc1csc(C(C)C=O)n1)C(C)C. The Bertz CT molecular complexity index is 559. The molecule has 0 aliphatic heterocycles. The first-order chi connectivity index (χ1) is 10.8. The quantitative estimate of drug-likeness (QED) is 0.603. The Balaban J connectivity index is 2.67. The maximum atomic E-state index is 12.2. The molecule has 0 radical (unpaired) electrons. The van der Waals surface area contributed by atoms with Gasteiger partial charge in [0.1, 0.15) is 17.3 Å². The lowest BCUT2D eigenvalue weighted by atomic mass is 10.1. The van der Waals surface area contributed by atoms with E-state index < -0.39 is 12.0 Å². The zero-order chi connectivity index (χ0) is 17.6. The molecule has 1 rings (SSSR count). The Morgan fingerprint density at radius 3 is 2.61 bits per heavy atom. The summed E-state index contributed by atoms with van der Waals surface area (Å²) in [6.45, 7) is 5.72. The van der Waals surface area contributed by atoms with Gasteiger partial charge in [0.15, 0.2) is 0 Å². The van der Waals surface area contributed by atoms with E-state index in [1.807, 2.05) is 19.2 Å². The Morgan fingerprint density at radius 1 is 1.43 bits per heavy atom. The van der Waals surface area contributed by atoms with Gasteiger partial charge in [-0.2, -0.15) is 0 Å². The van der Waals surface area contributed by atoms with Gasteiger partial charge in [0.2, 0.25) is 0 Å². The maximum absolute atomic E-state index is 12.2. The average molecular weight is 341 g/mol. The highest BCUT2D eigenvalue weighted by atomic mass is 32.1. The van der Waals surface area contributed by atoms with Gasteiger partial charge >= 0.3 is 12.0 Å². The first-order valence-corrected chi connectivity index (χ1v) is 8.17. The maximum Gasteiger partial charge on any atom is 0.328 e. The molecule has 2 amide bonds. The molecule has 0 saturated carbocycles. The van der Waals surface area contributed by atoms with E-state index in [9.17, 15) is 14.4 Å². The van der Waals surface area contributed by atoms with Crippen LogP contribution in [0.5, 0.6) is 0 Å². The number of carbonyl (C=O) groups is 3. The van der Waals surface area contributed by atoms with E-state index in [0.29, 0.717) is 12.2 Å². The third-order valence-corrected chi connectivity index (χ3v) is 4.40. The van der Waals surface area contributed by atoms with Crippen molar-refractivity contribution < 1.29 is 19.1 Å². The van der Waals surface area contributed by atoms with Crippen molar-refractivity contribution in [2.24, 2.45) is 5.92 Å². The Labute approximate surface area is 140 Å². The Kier molecular flexibility index (Phi) is 7.15. The van der Waals surface area contributed by atoms with E-state index in [1.165, 1.54) is 23.3 Å². The van der Waals surface area contributed by atoms with Crippen molar-refractivity contribution in [3.63, 3.8) is 0 Å². The fraction of sp³-hybridized carbons (Fsp3) is 0.600. The second-order valence-electron chi connectivity index (χ2n) is 5.65. The minimum Gasteiger partial charge on any atom is -0.467 e. The lowest BCUT2D eigenvalue weighted by Crippen LogP contribution is -2.49. The minimum atomic E-state index is -0.698. The molecule has 2 atom stereocenters. The molecule has 0 aromatic carbocycles. The van der Waals surface area contributed by atoms with Crippen LogP contribution in [0.15, 0.2) is 5.38 Å². The van der Waals surface area contributed by atoms with E-state index >= 15 is 0 Å². The molecule has 128 valence electrons. The third-order valence-electron chi connectivity index (χ3n) is 3.31. The highest BCUT2D eigenvalue weighted by molar-refractivity contribution is 7.09. The summed E-state index contributed by atoms with van der Waals surface area (Å²) >= 11 is 1.39. The Morgan fingerprint density at radius 2 is 2.09 bits per heavy atom. The second kappa shape index (κ2) is 8.61. The summed E-state index contributed by atoms with van der Waals surface area (Å²) in [5.74, 6) is -0.811. The molecule has 2 unspecified atom stereocenters. The normalized spacial score (nSPS) is 13.3. The van der Waals surface area contributed by atoms with E-state index in [0.717, 1.165) is 11.3 Å². The number of ether oxygens (including phenoxy) is 1. The Hall–Kier alpha value is -1.96. The van der Waals surface area contributed by atoms with Crippen molar-refractivity contribution in [2.45, 2.75) is 39.3 Å². The monoisotopic (exact) mass is 341 g/mol. The highest BCUT2D eigenvalue weighted by Crippen LogP contribution is 2.19. The fourth-order valence-corrected chi connectivity index (χ4v) is 2.67. The molecule has 8 heteroatoms. The zero-order valence-electron chi connectivity index (χ0n) is 14.0. The predicted octanol–water partition coefficient (Wildman–Crippen LogP) is 1.78. The number of nitrogens with one attached hydrogen (secondary N) is 1. The number of hydrogen-bond acceptors (Lipinski definition) is 6. The average Bonchev–Trinajstić information content (AvgIpc) is 2.98. The van der Waals surface area contributed by atoms with Crippen molar-refractivity contribution in [2.75, 3.05) is 14.2 Å². The molecule has 1 aromatic heterocycles. The van der Waals surface area contributed by atoms with Crippen LogP contribution in [-0.2, 0) is 20.9 Å². The molecule has 0 aliphatic rings. The number of carbonyl (C=O) groups excluding carboxylic acids is 3. The second-order valence-corrected chi connectivity index (χ2v) is 6.54. The number of esters is 1. The standard InChI is InChI=1S/C15H23N3O4S/c1-9(2)12(14(20)22-5)17-15(21)18(4)6-11-8-23-13(16-11)10(3)7-19/h7-10,12H,6H2,1-5H3,(H,17,21). The summed E-state index contributed by atoms with van der Waals surface area (Å²) < 4.78 is 4.70. The van der Waals surface area contributed by atoms with Gasteiger partial charge in [-0.25, -0.2) is 14.6 Å². The van der Waals surface area contributed by atoms with Crippen molar-refractivity contribution in [1.82, 2.24) is 15.2 Å². The first-order valence-electron chi connectivity index (χ1n) is 7.29. The molecule has 0 saturated heterocycles. The smallest absolute Gasteiger partial charge is 0.328 e. The van der Waals surface area contributed by atoms with Gasteiger partial charge in [-0.1, -0.05) is 13.8 Å². The van der Waals surface area contributed by atoms with Gasteiger partial charge in [-0.05, 0) is 12.8 Å². The van der Waals surface area contributed by atoms with Gasteiger partial charge in [-0.3, -0.25) is 0 Å². The lowest BCUT2D eigenvalue weighted by molar-refractivity contribution is -0.144. The van der Waals surface area contributed by atoms with Crippen LogP contribution in [0.25, 0.3) is 0 Å². The number of urea groups is 1. The molecule has 1 aromatic rings. The lowest BCUT2D eigenvalue weighted by Gasteiger charge is -2.23. The number of thiazole rings is 1. The van der Waals surface area contributed by atoms with Gasteiger partial charge in [0.05, 0.1) is 25.3 Å². The summed E-state index contributed by atoms with van der Waals surface area (Å²) in [5, 5.41) is 5.20. The summed E-state index contributed by atoms with van der Waals surface area (Å²) in [6, 6.07) is -1.08. The van der Waals surface area contributed by atoms with Gasteiger partial charge in [-0.15, -0.1) is 11.3 Å². The van der Waals surface area contributed by atoms with E-state index in [4.69, 9.17) is 4.74 Å². The van der Waals surface area contributed by atoms with Crippen molar-refractivity contribution >= 4 is 29.6 Å². The zero-order valence-corrected chi connectivity index (χ0v) is 14.8. The van der Waals surface area contributed by atoms with Crippen LogP contribution in [0.1, 0.15) is 37.4 Å². The molecule has 7 nitrogen and oxygen atoms in total. The molecule has 23 heavy (non-hydrogen) atoms. The van der Waals surface area contributed by atoms with Crippen molar-refractivity contribution in [3.8, 4) is 0 Å². The number of aldehydes is 1. The van der Waals surface area contributed by atoms with Crippen LogP contribution in [-0.4, -0.2) is 48.4 Å². The van der Waals surface area contributed by atoms with Gasteiger partial charge in [0, 0.05) is 12.4 Å². The summed E-state index contributed by atoms with van der Waals surface area (Å²) in [4.78, 5) is 40.4. The van der Waals surface area contributed by atoms with Crippen LogP contribution in [0, 0.1) is 5.92 Å². The number of aromatic nitrogens is 1. The van der Waals surface area contributed by atoms with Crippen molar-refractivity contribution in [3.05, 3.63) is 16.1 Å². The van der Waals surface area contributed by atoms with Crippen LogP contribution >= 0.6 is 11.3 Å². The fourth-order valence-electron chi connectivity index (χ4n) is 1.85. The molecule has 1 heterocycles. The third kappa shape index (κ3) is 5.31.